The van der Waals surface area contributed by atoms with E-state index < -0.39 is 16.1 Å². The predicted molar refractivity (Wildman–Crippen MR) is 67.6 cm³/mol. The predicted octanol–water partition coefficient (Wildman–Crippen LogP) is 1.12. The van der Waals surface area contributed by atoms with E-state index in [0.717, 1.165) is 0 Å². The Balaban J connectivity index is 3.09. The summed E-state index contributed by atoms with van der Waals surface area (Å²) in [7, 11) is -2.29. The van der Waals surface area contributed by atoms with E-state index in [1.165, 1.54) is 20.1 Å². The van der Waals surface area contributed by atoms with E-state index in [9.17, 15) is 8.42 Å². The minimum atomic E-state index is -3.69. The lowest BCUT2D eigenvalue weighted by atomic mass is 10.3. The topological polar surface area (TPSA) is 75.6 Å². The Hall–Kier alpha value is -0.630. The molecule has 1 aromatic carbocycles. The zero-order chi connectivity index (χ0) is 13.1. The number of aliphatic hydroxyl groups is 1. The van der Waals surface area contributed by atoms with Crippen LogP contribution < -0.4 is 9.46 Å². The van der Waals surface area contributed by atoms with Crippen LogP contribution in [-0.2, 0) is 10.0 Å². The molecule has 0 bridgehead atoms. The van der Waals surface area contributed by atoms with E-state index in [-0.39, 0.29) is 17.2 Å². The van der Waals surface area contributed by atoms with Crippen LogP contribution in [0.4, 0.5) is 0 Å². The number of aliphatic hydroxyl groups excluding tert-OH is 1. The fourth-order valence-electron chi connectivity index (χ4n) is 1.17. The van der Waals surface area contributed by atoms with Gasteiger partial charge in [0, 0.05) is 11.0 Å². The number of sulfonamides is 1. The molecule has 1 rings (SSSR count). The Bertz CT molecular complexity index is 487. The molecule has 0 saturated heterocycles. The van der Waals surface area contributed by atoms with Crippen LogP contribution in [0, 0.1) is 0 Å². The Morgan fingerprint density at radius 3 is 2.71 bits per heavy atom. The SMILES string of the molecule is COc1ccc(Br)cc1S(=O)(=O)NCC(C)O. The number of halogens is 1. The molecule has 0 radical (unpaired) electrons. The largest absolute Gasteiger partial charge is 0.495 e. The first-order valence-corrected chi connectivity index (χ1v) is 7.15. The highest BCUT2D eigenvalue weighted by atomic mass is 79.9. The molecular weight excluding hydrogens is 310 g/mol. The first kappa shape index (κ1) is 14.4. The van der Waals surface area contributed by atoms with Crippen molar-refractivity contribution in [3.05, 3.63) is 22.7 Å². The average Bonchev–Trinajstić information content (AvgIpc) is 2.26. The quantitative estimate of drug-likeness (QED) is 0.851. The molecular formula is C10H14BrNO4S. The summed E-state index contributed by atoms with van der Waals surface area (Å²) in [6.45, 7) is 1.46. The van der Waals surface area contributed by atoms with E-state index in [2.05, 4.69) is 20.7 Å². The van der Waals surface area contributed by atoms with Gasteiger partial charge in [-0.05, 0) is 25.1 Å². The molecule has 2 N–H and O–H groups in total. The molecule has 0 aliphatic heterocycles. The number of benzene rings is 1. The average molecular weight is 324 g/mol. The van der Waals surface area contributed by atoms with Crippen LogP contribution >= 0.6 is 15.9 Å². The van der Waals surface area contributed by atoms with Gasteiger partial charge >= 0.3 is 0 Å². The lowest BCUT2D eigenvalue weighted by Gasteiger charge is -2.11. The number of nitrogens with one attached hydrogen (secondary N) is 1. The van der Waals surface area contributed by atoms with Crippen molar-refractivity contribution in [2.24, 2.45) is 0 Å². The summed E-state index contributed by atoms with van der Waals surface area (Å²) in [4.78, 5) is 0.0371. The highest BCUT2D eigenvalue weighted by Crippen LogP contribution is 2.26. The van der Waals surface area contributed by atoms with E-state index >= 15 is 0 Å². The third-order valence-electron chi connectivity index (χ3n) is 1.98. The summed E-state index contributed by atoms with van der Waals surface area (Å²) in [5, 5.41) is 9.08. The highest BCUT2D eigenvalue weighted by molar-refractivity contribution is 9.10. The molecule has 0 amide bonds. The van der Waals surface area contributed by atoms with Crippen LogP contribution in [0.1, 0.15) is 6.92 Å². The summed E-state index contributed by atoms with van der Waals surface area (Å²) in [6.07, 6.45) is -0.747. The maximum atomic E-state index is 11.9. The van der Waals surface area contributed by atoms with E-state index in [4.69, 9.17) is 9.84 Å². The summed E-state index contributed by atoms with van der Waals surface area (Å²) in [6, 6.07) is 4.69. The van der Waals surface area contributed by atoms with Gasteiger partial charge in [0.25, 0.3) is 0 Å². The fourth-order valence-corrected chi connectivity index (χ4v) is 3.00. The normalized spacial score (nSPS) is 13.4. The first-order chi connectivity index (χ1) is 7.86. The summed E-state index contributed by atoms with van der Waals surface area (Å²) in [5.74, 6) is 0.256. The number of hydrogen-bond acceptors (Lipinski definition) is 4. The standard InChI is InChI=1S/C10H14BrNO4S/c1-7(13)6-12-17(14,15)10-5-8(11)3-4-9(10)16-2/h3-5,7,12-13H,6H2,1-2H3. The molecule has 0 spiro atoms. The smallest absolute Gasteiger partial charge is 0.244 e. The van der Waals surface area contributed by atoms with Gasteiger partial charge in [-0.2, -0.15) is 0 Å². The lowest BCUT2D eigenvalue weighted by molar-refractivity contribution is 0.198. The lowest BCUT2D eigenvalue weighted by Crippen LogP contribution is -2.30. The molecule has 1 unspecified atom stereocenters. The van der Waals surface area contributed by atoms with E-state index in [1.807, 2.05) is 0 Å². The molecule has 0 fully saturated rings. The molecule has 0 aliphatic rings. The molecule has 17 heavy (non-hydrogen) atoms. The van der Waals surface area contributed by atoms with Crippen molar-refractivity contribution in [2.75, 3.05) is 13.7 Å². The summed E-state index contributed by atoms with van der Waals surface area (Å²) >= 11 is 3.20. The molecule has 1 aromatic rings. The molecule has 0 heterocycles. The van der Waals surface area contributed by atoms with Crippen molar-refractivity contribution in [3.63, 3.8) is 0 Å². The number of ether oxygens (including phenoxy) is 1. The van der Waals surface area contributed by atoms with Gasteiger partial charge in [-0.25, -0.2) is 13.1 Å². The fraction of sp³-hybridized carbons (Fsp3) is 0.400. The Morgan fingerprint density at radius 2 is 2.18 bits per heavy atom. The van der Waals surface area contributed by atoms with Crippen LogP contribution in [0.5, 0.6) is 5.75 Å². The van der Waals surface area contributed by atoms with Crippen molar-refractivity contribution < 1.29 is 18.3 Å². The number of hydrogen-bond donors (Lipinski definition) is 2. The van der Waals surface area contributed by atoms with Gasteiger partial charge in [-0.15, -0.1) is 0 Å². The molecule has 7 heteroatoms. The maximum Gasteiger partial charge on any atom is 0.244 e. The minimum Gasteiger partial charge on any atom is -0.495 e. The van der Waals surface area contributed by atoms with Gasteiger partial charge in [0.1, 0.15) is 10.6 Å². The summed E-state index contributed by atoms with van der Waals surface area (Å²) in [5.41, 5.74) is 0. The van der Waals surface area contributed by atoms with E-state index in [1.54, 1.807) is 12.1 Å². The van der Waals surface area contributed by atoms with Crippen LogP contribution in [0.3, 0.4) is 0 Å². The van der Waals surface area contributed by atoms with E-state index in [0.29, 0.717) is 4.47 Å². The van der Waals surface area contributed by atoms with Crippen LogP contribution in [0.15, 0.2) is 27.6 Å². The molecule has 96 valence electrons. The van der Waals surface area contributed by atoms with Crippen molar-refractivity contribution >= 4 is 26.0 Å². The third kappa shape index (κ3) is 3.95. The Kier molecular flexibility index (Phi) is 4.93. The molecule has 5 nitrogen and oxygen atoms in total. The maximum absolute atomic E-state index is 11.9. The molecule has 1 atom stereocenters. The third-order valence-corrected chi connectivity index (χ3v) is 3.92. The zero-order valence-electron chi connectivity index (χ0n) is 9.47. The minimum absolute atomic E-state index is 0.0371. The van der Waals surface area contributed by atoms with Crippen molar-refractivity contribution in [1.82, 2.24) is 4.72 Å². The van der Waals surface area contributed by atoms with Crippen molar-refractivity contribution in [2.45, 2.75) is 17.9 Å². The molecule has 0 saturated carbocycles. The van der Waals surface area contributed by atoms with Gasteiger partial charge in [0.2, 0.25) is 10.0 Å². The van der Waals surface area contributed by atoms with Gasteiger partial charge < -0.3 is 9.84 Å². The second-order valence-electron chi connectivity index (χ2n) is 3.50. The van der Waals surface area contributed by atoms with Gasteiger partial charge in [-0.1, -0.05) is 15.9 Å². The first-order valence-electron chi connectivity index (χ1n) is 4.88. The molecule has 0 aliphatic carbocycles. The number of rotatable bonds is 5. The zero-order valence-corrected chi connectivity index (χ0v) is 11.9. The van der Waals surface area contributed by atoms with Gasteiger partial charge in [-0.3, -0.25) is 0 Å². The monoisotopic (exact) mass is 323 g/mol. The summed E-state index contributed by atoms with van der Waals surface area (Å²) < 4.78 is 31.8. The highest BCUT2D eigenvalue weighted by Gasteiger charge is 2.19. The van der Waals surface area contributed by atoms with Gasteiger partial charge in [0.05, 0.1) is 13.2 Å². The Labute approximate surface area is 109 Å². The van der Waals surface area contributed by atoms with Crippen LogP contribution in [0.25, 0.3) is 0 Å². The van der Waals surface area contributed by atoms with Crippen molar-refractivity contribution in [1.29, 1.82) is 0 Å². The second-order valence-corrected chi connectivity index (χ2v) is 6.15. The van der Waals surface area contributed by atoms with Crippen LogP contribution in [-0.4, -0.2) is 33.3 Å². The van der Waals surface area contributed by atoms with Crippen LogP contribution in [0.2, 0.25) is 0 Å². The number of methoxy groups -OCH3 is 1. The van der Waals surface area contributed by atoms with Gasteiger partial charge in [0.15, 0.2) is 0 Å². The Morgan fingerprint density at radius 1 is 1.53 bits per heavy atom. The molecule has 0 aromatic heterocycles. The van der Waals surface area contributed by atoms with Crippen molar-refractivity contribution in [3.8, 4) is 5.75 Å². The second kappa shape index (κ2) is 5.81.